The van der Waals surface area contributed by atoms with Crippen LogP contribution in [0, 0.1) is 5.82 Å². The van der Waals surface area contributed by atoms with E-state index in [1.165, 1.54) is 25.1 Å². The molecule has 1 unspecified atom stereocenters. The molecule has 0 radical (unpaired) electrons. The van der Waals surface area contributed by atoms with Gasteiger partial charge < -0.3 is 14.7 Å². The van der Waals surface area contributed by atoms with Crippen LogP contribution in [0.15, 0.2) is 18.2 Å². The number of aliphatic hydroxyl groups is 1. The third-order valence-corrected chi connectivity index (χ3v) is 3.07. The molecule has 1 aliphatic rings. The molecule has 1 amide bonds. The van der Waals surface area contributed by atoms with Crippen molar-refractivity contribution < 1.29 is 19.0 Å². The van der Waals surface area contributed by atoms with Gasteiger partial charge in [0.05, 0.1) is 6.10 Å². The number of rotatable bonds is 3. The molecule has 2 rings (SSSR count). The lowest BCUT2D eigenvalue weighted by Crippen LogP contribution is -2.29. The summed E-state index contributed by atoms with van der Waals surface area (Å²) < 4.78 is 18.7. The van der Waals surface area contributed by atoms with Crippen molar-refractivity contribution in [2.24, 2.45) is 0 Å². The van der Waals surface area contributed by atoms with Crippen molar-refractivity contribution in [3.05, 3.63) is 29.6 Å². The molecule has 0 aliphatic carbocycles. The first kappa shape index (κ1) is 12.8. The SMILES string of the molecule is C[C@H](O)c1cc(F)ccc1OC1CCN(C)C1=O. The van der Waals surface area contributed by atoms with Crippen LogP contribution in [0.25, 0.3) is 0 Å². The summed E-state index contributed by atoms with van der Waals surface area (Å²) in [5, 5.41) is 9.58. The summed E-state index contributed by atoms with van der Waals surface area (Å²) in [5.41, 5.74) is 0.359. The molecule has 5 heteroatoms. The van der Waals surface area contributed by atoms with Crippen LogP contribution in [0.5, 0.6) is 5.75 Å². The van der Waals surface area contributed by atoms with Crippen LogP contribution in [0.4, 0.5) is 4.39 Å². The van der Waals surface area contributed by atoms with Gasteiger partial charge in [0.15, 0.2) is 6.10 Å². The molecule has 1 aromatic rings. The van der Waals surface area contributed by atoms with Crippen LogP contribution in [-0.4, -0.2) is 35.6 Å². The summed E-state index contributed by atoms with van der Waals surface area (Å²) >= 11 is 0. The fourth-order valence-electron chi connectivity index (χ4n) is 2.01. The quantitative estimate of drug-likeness (QED) is 0.887. The lowest BCUT2D eigenvalue weighted by Gasteiger charge is -2.17. The van der Waals surface area contributed by atoms with E-state index in [1.54, 1.807) is 11.9 Å². The predicted molar refractivity (Wildman–Crippen MR) is 63.7 cm³/mol. The lowest BCUT2D eigenvalue weighted by molar-refractivity contribution is -0.132. The van der Waals surface area contributed by atoms with Crippen molar-refractivity contribution in [1.82, 2.24) is 4.90 Å². The summed E-state index contributed by atoms with van der Waals surface area (Å²) in [4.78, 5) is 13.3. The Kier molecular flexibility index (Phi) is 3.52. The maximum atomic E-state index is 13.1. The van der Waals surface area contributed by atoms with Crippen molar-refractivity contribution in [3.63, 3.8) is 0 Å². The molecule has 2 atom stereocenters. The van der Waals surface area contributed by atoms with Gasteiger partial charge in [0.1, 0.15) is 11.6 Å². The first-order chi connectivity index (χ1) is 8.49. The first-order valence-corrected chi connectivity index (χ1v) is 5.88. The van der Waals surface area contributed by atoms with Gasteiger partial charge in [0.25, 0.3) is 5.91 Å². The third kappa shape index (κ3) is 2.46. The van der Waals surface area contributed by atoms with Crippen molar-refractivity contribution in [1.29, 1.82) is 0 Å². The molecule has 0 bridgehead atoms. The maximum Gasteiger partial charge on any atom is 0.263 e. The zero-order valence-corrected chi connectivity index (χ0v) is 10.4. The van der Waals surface area contributed by atoms with E-state index in [1.807, 2.05) is 0 Å². The van der Waals surface area contributed by atoms with Gasteiger partial charge in [-0.05, 0) is 25.1 Å². The zero-order valence-electron chi connectivity index (χ0n) is 10.4. The van der Waals surface area contributed by atoms with Crippen molar-refractivity contribution in [2.45, 2.75) is 25.6 Å². The second kappa shape index (κ2) is 4.94. The smallest absolute Gasteiger partial charge is 0.263 e. The molecular formula is C13H16FNO3. The molecule has 4 nitrogen and oxygen atoms in total. The summed E-state index contributed by atoms with van der Waals surface area (Å²) in [6.07, 6.45) is -0.783. The largest absolute Gasteiger partial charge is 0.480 e. The number of amides is 1. The molecule has 1 aromatic carbocycles. The molecule has 1 fully saturated rings. The highest BCUT2D eigenvalue weighted by Gasteiger charge is 2.31. The summed E-state index contributed by atoms with van der Waals surface area (Å²) in [6.45, 7) is 2.18. The van der Waals surface area contributed by atoms with Gasteiger partial charge >= 0.3 is 0 Å². The lowest BCUT2D eigenvalue weighted by atomic mass is 10.1. The number of likely N-dealkylation sites (tertiary alicyclic amines) is 1. The number of carbonyl (C=O) groups is 1. The number of hydrogen-bond donors (Lipinski definition) is 1. The normalized spacial score (nSPS) is 21.2. The Hall–Kier alpha value is -1.62. The van der Waals surface area contributed by atoms with Crippen LogP contribution in [0.2, 0.25) is 0 Å². The number of ether oxygens (including phenoxy) is 1. The Morgan fingerprint density at radius 1 is 1.56 bits per heavy atom. The molecule has 0 spiro atoms. The molecule has 1 saturated heterocycles. The van der Waals surface area contributed by atoms with Crippen LogP contribution in [-0.2, 0) is 4.79 Å². The van der Waals surface area contributed by atoms with Gasteiger partial charge in [0, 0.05) is 25.6 Å². The van der Waals surface area contributed by atoms with Crippen LogP contribution >= 0.6 is 0 Å². The highest BCUT2D eigenvalue weighted by molar-refractivity contribution is 5.83. The summed E-state index contributed by atoms with van der Waals surface area (Å²) in [7, 11) is 1.71. The van der Waals surface area contributed by atoms with Crippen molar-refractivity contribution in [2.75, 3.05) is 13.6 Å². The first-order valence-electron chi connectivity index (χ1n) is 5.88. The van der Waals surface area contributed by atoms with E-state index in [0.717, 1.165) is 0 Å². The predicted octanol–water partition coefficient (Wildman–Crippen LogP) is 1.49. The average molecular weight is 253 g/mol. The van der Waals surface area contributed by atoms with Crippen molar-refractivity contribution >= 4 is 5.91 Å². The Bertz CT molecular complexity index is 462. The number of hydrogen-bond acceptors (Lipinski definition) is 3. The Balaban J connectivity index is 2.21. The van der Waals surface area contributed by atoms with Crippen LogP contribution in [0.3, 0.4) is 0 Å². The standard InChI is InChI=1S/C13H16FNO3/c1-8(16)10-7-9(14)3-4-11(10)18-12-5-6-15(2)13(12)17/h3-4,7-8,12,16H,5-6H2,1-2H3/t8-,12?/m0/s1. The Labute approximate surface area is 105 Å². The number of aliphatic hydroxyl groups excluding tert-OH is 1. The van der Waals surface area contributed by atoms with Gasteiger partial charge in [-0.25, -0.2) is 4.39 Å². The average Bonchev–Trinajstić information content (AvgIpc) is 2.63. The van der Waals surface area contributed by atoms with E-state index < -0.39 is 18.0 Å². The molecule has 1 heterocycles. The van der Waals surface area contributed by atoms with Gasteiger partial charge in [0.2, 0.25) is 0 Å². The number of benzene rings is 1. The van der Waals surface area contributed by atoms with Gasteiger partial charge in [-0.1, -0.05) is 0 Å². The fourth-order valence-corrected chi connectivity index (χ4v) is 2.01. The monoisotopic (exact) mass is 253 g/mol. The third-order valence-electron chi connectivity index (χ3n) is 3.07. The highest BCUT2D eigenvalue weighted by Crippen LogP contribution is 2.28. The second-order valence-corrected chi connectivity index (χ2v) is 4.51. The highest BCUT2D eigenvalue weighted by atomic mass is 19.1. The summed E-state index contributed by atoms with van der Waals surface area (Å²) in [5.74, 6) is -0.163. The number of nitrogens with zero attached hydrogens (tertiary/aromatic N) is 1. The molecule has 1 N–H and O–H groups in total. The zero-order chi connectivity index (χ0) is 13.3. The fraction of sp³-hybridized carbons (Fsp3) is 0.462. The number of carbonyl (C=O) groups excluding carboxylic acids is 1. The van der Waals surface area contributed by atoms with Gasteiger partial charge in [-0.2, -0.15) is 0 Å². The molecule has 1 aliphatic heterocycles. The van der Waals surface area contributed by atoms with Crippen LogP contribution < -0.4 is 4.74 Å². The van der Waals surface area contributed by atoms with Crippen LogP contribution in [0.1, 0.15) is 25.0 Å². The minimum Gasteiger partial charge on any atom is -0.480 e. The van der Waals surface area contributed by atoms with E-state index in [-0.39, 0.29) is 5.91 Å². The molecule has 0 saturated carbocycles. The van der Waals surface area contributed by atoms with E-state index in [9.17, 15) is 14.3 Å². The maximum absolute atomic E-state index is 13.1. The summed E-state index contributed by atoms with van der Waals surface area (Å²) in [6, 6.07) is 3.93. The molecular weight excluding hydrogens is 237 g/mol. The topological polar surface area (TPSA) is 49.8 Å². The number of likely N-dealkylation sites (N-methyl/N-ethyl adjacent to an activating group) is 1. The number of halogens is 1. The molecule has 18 heavy (non-hydrogen) atoms. The molecule has 0 aromatic heterocycles. The van der Waals surface area contributed by atoms with E-state index in [0.29, 0.717) is 24.3 Å². The minimum atomic E-state index is -0.843. The van der Waals surface area contributed by atoms with Gasteiger partial charge in [-0.15, -0.1) is 0 Å². The van der Waals surface area contributed by atoms with Crippen molar-refractivity contribution in [3.8, 4) is 5.75 Å². The molecule has 98 valence electrons. The van der Waals surface area contributed by atoms with E-state index >= 15 is 0 Å². The second-order valence-electron chi connectivity index (χ2n) is 4.51. The minimum absolute atomic E-state index is 0.0872. The Morgan fingerprint density at radius 2 is 2.28 bits per heavy atom. The Morgan fingerprint density at radius 3 is 2.83 bits per heavy atom. The van der Waals surface area contributed by atoms with E-state index in [4.69, 9.17) is 4.74 Å². The van der Waals surface area contributed by atoms with Gasteiger partial charge in [-0.3, -0.25) is 4.79 Å². The van der Waals surface area contributed by atoms with E-state index in [2.05, 4.69) is 0 Å².